The van der Waals surface area contributed by atoms with Gasteiger partial charge in [0.2, 0.25) is 5.95 Å². The number of nitrogens with one attached hydrogen (secondary N) is 2. The monoisotopic (exact) mass is 459 g/mol. The smallest absolute Gasteiger partial charge is 0.222 e. The molecule has 4 aromatic rings. The summed E-state index contributed by atoms with van der Waals surface area (Å²) in [5.74, 6) is 1.05. The molecule has 0 bridgehead atoms. The molecule has 2 aromatic carbocycles. The molecule has 0 aliphatic carbocycles. The van der Waals surface area contributed by atoms with Gasteiger partial charge in [0.1, 0.15) is 11.0 Å². The van der Waals surface area contributed by atoms with Crippen LogP contribution >= 0.6 is 0 Å². The van der Waals surface area contributed by atoms with Crippen molar-refractivity contribution in [1.29, 1.82) is 5.26 Å². The normalized spacial score (nSPS) is 10.6. The van der Waals surface area contributed by atoms with E-state index in [1.165, 1.54) is 5.56 Å². The van der Waals surface area contributed by atoms with Crippen LogP contribution in [0.4, 0.5) is 11.8 Å². The lowest BCUT2D eigenvalue weighted by Crippen LogP contribution is -2.13. The summed E-state index contributed by atoms with van der Waals surface area (Å²) in [6.07, 6.45) is 2.16. The van der Waals surface area contributed by atoms with Gasteiger partial charge >= 0.3 is 0 Å². The first-order valence-corrected chi connectivity index (χ1v) is 11.7. The standard InChI is InChI=1S/C24H27N7.C2H6O/c1-2-3-12-28-23-22-21(29-24(26)30-23)19-9-4-5-10-20(19)31(22)16-18-8-6-7-17(14-18)15-27-13-11-25;1-2-3/h4-10,14,27H,2-3,12-13,15-16H2,1H3,(H3,26,28,29,30);3H,2H2,1H3. The minimum atomic E-state index is 0.250. The number of para-hydroxylation sites is 1. The van der Waals surface area contributed by atoms with Gasteiger partial charge in [-0.1, -0.05) is 55.8 Å². The average molecular weight is 460 g/mol. The van der Waals surface area contributed by atoms with E-state index in [9.17, 15) is 0 Å². The van der Waals surface area contributed by atoms with E-state index >= 15 is 0 Å². The third kappa shape index (κ3) is 6.01. The van der Waals surface area contributed by atoms with Crippen LogP contribution < -0.4 is 16.4 Å². The number of hydrogen-bond donors (Lipinski definition) is 4. The molecule has 178 valence electrons. The first-order chi connectivity index (χ1) is 16.6. The molecule has 8 heteroatoms. The largest absolute Gasteiger partial charge is 0.397 e. The van der Waals surface area contributed by atoms with Crippen molar-refractivity contribution in [1.82, 2.24) is 19.9 Å². The third-order valence-corrected chi connectivity index (χ3v) is 5.31. The Kier molecular flexibility index (Phi) is 9.21. The van der Waals surface area contributed by atoms with Crippen LogP contribution in [0.15, 0.2) is 48.5 Å². The van der Waals surface area contributed by atoms with Crippen molar-refractivity contribution < 1.29 is 5.11 Å². The van der Waals surface area contributed by atoms with Crippen molar-refractivity contribution in [2.24, 2.45) is 0 Å². The van der Waals surface area contributed by atoms with Gasteiger partial charge in [0, 0.05) is 31.6 Å². The zero-order valence-corrected chi connectivity index (χ0v) is 19.9. The van der Waals surface area contributed by atoms with E-state index < -0.39 is 0 Å². The Morgan fingerprint density at radius 1 is 1.09 bits per heavy atom. The topological polar surface area (TPSA) is 125 Å². The highest BCUT2D eigenvalue weighted by atomic mass is 16.2. The van der Waals surface area contributed by atoms with Crippen molar-refractivity contribution in [3.63, 3.8) is 0 Å². The average Bonchev–Trinajstić information content (AvgIpc) is 3.14. The molecule has 0 aliphatic rings. The van der Waals surface area contributed by atoms with Gasteiger partial charge in [0.05, 0.1) is 18.1 Å². The van der Waals surface area contributed by atoms with Gasteiger partial charge in [-0.15, -0.1) is 0 Å². The van der Waals surface area contributed by atoms with E-state index in [2.05, 4.69) is 74.6 Å². The number of nitrogens with two attached hydrogens (primary N) is 1. The van der Waals surface area contributed by atoms with E-state index in [1.54, 1.807) is 6.92 Å². The van der Waals surface area contributed by atoms with Gasteiger partial charge in [-0.25, -0.2) is 4.98 Å². The molecule has 0 atom stereocenters. The summed E-state index contributed by atoms with van der Waals surface area (Å²) in [5, 5.41) is 24.0. The quantitative estimate of drug-likeness (QED) is 0.220. The van der Waals surface area contributed by atoms with Gasteiger partial charge in [0.15, 0.2) is 5.82 Å². The summed E-state index contributed by atoms with van der Waals surface area (Å²) >= 11 is 0. The number of nitriles is 1. The molecule has 0 spiro atoms. The second-order valence-corrected chi connectivity index (χ2v) is 7.91. The maximum Gasteiger partial charge on any atom is 0.222 e. The van der Waals surface area contributed by atoms with E-state index in [-0.39, 0.29) is 12.6 Å². The number of unbranched alkanes of at least 4 members (excludes halogenated alkanes) is 1. The summed E-state index contributed by atoms with van der Waals surface area (Å²) in [7, 11) is 0. The highest BCUT2D eigenvalue weighted by Gasteiger charge is 2.17. The molecule has 34 heavy (non-hydrogen) atoms. The lowest BCUT2D eigenvalue weighted by atomic mass is 10.1. The van der Waals surface area contributed by atoms with Crippen molar-refractivity contribution >= 4 is 33.7 Å². The molecule has 5 N–H and O–H groups in total. The van der Waals surface area contributed by atoms with Crippen LogP contribution in [0, 0.1) is 11.3 Å². The number of nitrogens with zero attached hydrogens (tertiary/aromatic N) is 4. The SMILES string of the molecule is CCCCNc1nc(N)nc2c3ccccc3n(Cc3cccc(CNCC#N)c3)c12.CCO. The number of benzene rings is 2. The molecule has 0 amide bonds. The Hall–Kier alpha value is -3.67. The second kappa shape index (κ2) is 12.5. The fraction of sp³-hybridized carbons (Fsp3) is 0.346. The number of fused-ring (bicyclic) bond motifs is 3. The van der Waals surface area contributed by atoms with Gasteiger partial charge in [0.25, 0.3) is 0 Å². The predicted molar refractivity (Wildman–Crippen MR) is 138 cm³/mol. The Labute approximate surface area is 200 Å². The summed E-state index contributed by atoms with van der Waals surface area (Å²) < 4.78 is 2.26. The molecule has 0 unspecified atom stereocenters. The summed E-state index contributed by atoms with van der Waals surface area (Å²) in [6, 6.07) is 18.8. The number of aromatic nitrogens is 3. The van der Waals surface area contributed by atoms with Crippen LogP contribution in [-0.2, 0) is 13.1 Å². The van der Waals surface area contributed by atoms with Crippen molar-refractivity contribution in [2.75, 3.05) is 30.7 Å². The van der Waals surface area contributed by atoms with Gasteiger partial charge < -0.3 is 26.0 Å². The van der Waals surface area contributed by atoms with E-state index in [0.29, 0.717) is 19.6 Å². The van der Waals surface area contributed by atoms with Crippen LogP contribution in [0.25, 0.3) is 21.9 Å². The Morgan fingerprint density at radius 2 is 1.85 bits per heavy atom. The molecular formula is C26H33N7O. The van der Waals surface area contributed by atoms with Crippen LogP contribution in [-0.4, -0.2) is 39.3 Å². The Balaban J connectivity index is 0.00000103. The maximum absolute atomic E-state index is 8.75. The number of nitrogen functional groups attached to an aromatic ring is 1. The van der Waals surface area contributed by atoms with Gasteiger partial charge in [-0.05, 0) is 30.5 Å². The third-order valence-electron chi connectivity index (χ3n) is 5.31. The lowest BCUT2D eigenvalue weighted by molar-refractivity contribution is 0.318. The molecule has 0 radical (unpaired) electrons. The maximum atomic E-state index is 8.75. The van der Waals surface area contributed by atoms with Crippen LogP contribution in [0.3, 0.4) is 0 Å². The van der Waals surface area contributed by atoms with Gasteiger partial charge in [-0.3, -0.25) is 0 Å². The van der Waals surface area contributed by atoms with Crippen LogP contribution in [0.5, 0.6) is 0 Å². The van der Waals surface area contributed by atoms with E-state index in [4.69, 9.17) is 16.1 Å². The molecule has 4 rings (SSSR count). The minimum absolute atomic E-state index is 0.250. The fourth-order valence-electron chi connectivity index (χ4n) is 3.90. The summed E-state index contributed by atoms with van der Waals surface area (Å²) in [5.41, 5.74) is 11.3. The highest BCUT2D eigenvalue weighted by molar-refractivity contribution is 6.09. The summed E-state index contributed by atoms with van der Waals surface area (Å²) in [6.45, 7) is 6.62. The number of aliphatic hydroxyl groups is 1. The van der Waals surface area contributed by atoms with E-state index in [0.717, 1.165) is 52.7 Å². The van der Waals surface area contributed by atoms with Crippen molar-refractivity contribution in [3.05, 3.63) is 59.7 Å². The fourth-order valence-corrected chi connectivity index (χ4v) is 3.90. The molecule has 0 saturated heterocycles. The highest BCUT2D eigenvalue weighted by Crippen LogP contribution is 2.33. The molecule has 0 saturated carbocycles. The van der Waals surface area contributed by atoms with E-state index in [1.807, 2.05) is 12.1 Å². The Morgan fingerprint density at radius 3 is 2.62 bits per heavy atom. The first kappa shape index (κ1) is 25.0. The molecule has 0 aliphatic heterocycles. The first-order valence-electron chi connectivity index (χ1n) is 11.7. The number of rotatable bonds is 9. The zero-order valence-electron chi connectivity index (χ0n) is 19.9. The lowest BCUT2D eigenvalue weighted by Gasteiger charge is -2.13. The number of aliphatic hydroxyl groups excluding tert-OH is 1. The molecule has 2 aromatic heterocycles. The summed E-state index contributed by atoms with van der Waals surface area (Å²) in [4.78, 5) is 9.12. The predicted octanol–water partition coefficient (Wildman–Crippen LogP) is 4.04. The zero-order chi connectivity index (χ0) is 24.3. The minimum Gasteiger partial charge on any atom is -0.397 e. The van der Waals surface area contributed by atoms with Gasteiger partial charge in [-0.2, -0.15) is 10.2 Å². The number of hydrogen-bond acceptors (Lipinski definition) is 7. The Bertz CT molecular complexity index is 1260. The molecule has 0 fully saturated rings. The van der Waals surface area contributed by atoms with Crippen molar-refractivity contribution in [3.8, 4) is 6.07 Å². The number of anilines is 2. The molecule has 2 heterocycles. The molecule has 8 nitrogen and oxygen atoms in total. The van der Waals surface area contributed by atoms with Crippen LogP contribution in [0.2, 0.25) is 0 Å². The van der Waals surface area contributed by atoms with Crippen LogP contribution in [0.1, 0.15) is 37.8 Å². The van der Waals surface area contributed by atoms with Crippen molar-refractivity contribution in [2.45, 2.75) is 39.8 Å². The second-order valence-electron chi connectivity index (χ2n) is 7.91. The molecular weight excluding hydrogens is 426 g/mol.